The monoisotopic (exact) mass is 276 g/mol. The molecule has 1 aliphatic rings. The van der Waals surface area contributed by atoms with Crippen molar-refractivity contribution < 1.29 is 17.2 Å². The first-order valence-corrected chi connectivity index (χ1v) is 7.12. The third-order valence-electron chi connectivity index (χ3n) is 3.04. The van der Waals surface area contributed by atoms with Crippen molar-refractivity contribution in [3.63, 3.8) is 0 Å². The van der Waals surface area contributed by atoms with E-state index in [9.17, 15) is 9.59 Å². The average molecular weight is 276 g/mol. The molecule has 0 aromatic rings. The van der Waals surface area contributed by atoms with Crippen LogP contribution < -0.4 is 11.5 Å². The Bertz CT molecular complexity index is 271. The maximum Gasteiger partial charge on any atom is 0.219 e. The first-order chi connectivity index (χ1) is 8.93. The van der Waals surface area contributed by atoms with E-state index in [4.69, 9.17) is 16.2 Å². The van der Waals surface area contributed by atoms with Gasteiger partial charge in [-0.25, -0.2) is 0 Å². The van der Waals surface area contributed by atoms with Crippen LogP contribution in [0.2, 0.25) is 0 Å². The summed E-state index contributed by atoms with van der Waals surface area (Å²) in [7, 11) is 0. The second kappa shape index (κ2) is 10.8. The van der Waals surface area contributed by atoms with Gasteiger partial charge in [0.1, 0.15) is 0 Å². The zero-order valence-electron chi connectivity index (χ0n) is 12.2. The van der Waals surface area contributed by atoms with Crippen LogP contribution in [0.3, 0.4) is 0 Å². The molecule has 0 unspecified atom stereocenters. The van der Waals surface area contributed by atoms with Gasteiger partial charge in [-0.1, -0.05) is 33.1 Å². The smallest absolute Gasteiger partial charge is 0.219 e. The summed E-state index contributed by atoms with van der Waals surface area (Å²) in [6.07, 6.45) is 7.98. The average Bonchev–Trinajstić information content (AvgIpc) is 2.36. The molecular weight excluding hydrogens is 244 g/mol. The van der Waals surface area contributed by atoms with E-state index in [1.165, 1.54) is 32.1 Å². The number of ether oxygens (including phenoxy) is 1. The highest BCUT2D eigenvalue weighted by atomic mass is 16.5. The van der Waals surface area contributed by atoms with Crippen LogP contribution in [-0.2, 0) is 14.3 Å². The molecule has 0 heterocycles. The minimum absolute atomic E-state index is 0. The van der Waals surface area contributed by atoms with Gasteiger partial charge in [0.25, 0.3) is 0 Å². The van der Waals surface area contributed by atoms with Crippen LogP contribution in [0.1, 0.15) is 61.6 Å². The molecule has 5 heteroatoms. The highest BCUT2D eigenvalue weighted by Crippen LogP contribution is 2.20. The Balaban J connectivity index is -0.000000352. The van der Waals surface area contributed by atoms with Crippen LogP contribution in [0.15, 0.2) is 0 Å². The van der Waals surface area contributed by atoms with Crippen molar-refractivity contribution in [2.24, 2.45) is 17.4 Å². The van der Waals surface area contributed by atoms with Crippen LogP contribution in [-0.4, -0.2) is 24.5 Å². The molecule has 0 aromatic carbocycles. The summed E-state index contributed by atoms with van der Waals surface area (Å²) in [4.78, 5) is 20.3. The molecule has 19 heavy (non-hydrogen) atoms. The lowest BCUT2D eigenvalue weighted by atomic mass is 9.98. The molecule has 0 bridgehead atoms. The first kappa shape index (κ1) is 17.9. The maximum atomic E-state index is 10.4. The Morgan fingerprint density at radius 2 is 1.74 bits per heavy atom. The lowest BCUT2D eigenvalue weighted by molar-refractivity contribution is -0.121. The standard InChI is InChI=1S/C10H19NO2.C4H9NO.2H2/c11-10(12)7-4-8-13-9-5-2-1-3-6-9;1-3(2)4(5)6;;/h9H,1-8H2,(H2,11,12);3H,1-2H3,(H2,5,6);2*1H. The van der Waals surface area contributed by atoms with Gasteiger partial charge in [-0.05, 0) is 19.3 Å². The highest BCUT2D eigenvalue weighted by molar-refractivity contribution is 5.75. The summed E-state index contributed by atoms with van der Waals surface area (Å²) in [5, 5.41) is 0. The summed E-state index contributed by atoms with van der Waals surface area (Å²) in [5.41, 5.74) is 9.81. The zero-order valence-corrected chi connectivity index (χ0v) is 12.2. The predicted molar refractivity (Wildman–Crippen MR) is 79.5 cm³/mol. The molecule has 0 saturated heterocycles. The lowest BCUT2D eigenvalue weighted by Gasteiger charge is -2.21. The molecule has 116 valence electrons. The summed E-state index contributed by atoms with van der Waals surface area (Å²) < 4.78 is 5.63. The predicted octanol–water partition coefficient (Wildman–Crippen LogP) is 2.22. The number of amides is 2. The fourth-order valence-electron chi connectivity index (χ4n) is 1.73. The van der Waals surface area contributed by atoms with E-state index in [0.29, 0.717) is 19.1 Å². The van der Waals surface area contributed by atoms with E-state index < -0.39 is 0 Å². The normalized spacial score (nSPS) is 15.7. The summed E-state index contributed by atoms with van der Waals surface area (Å²) in [6, 6.07) is 0. The van der Waals surface area contributed by atoms with E-state index in [-0.39, 0.29) is 20.6 Å². The largest absolute Gasteiger partial charge is 0.378 e. The van der Waals surface area contributed by atoms with Crippen LogP contribution in [0.25, 0.3) is 0 Å². The molecule has 5 nitrogen and oxygen atoms in total. The number of hydrogen-bond acceptors (Lipinski definition) is 3. The van der Waals surface area contributed by atoms with Gasteiger partial charge in [-0.2, -0.15) is 0 Å². The van der Waals surface area contributed by atoms with Crippen LogP contribution in [0, 0.1) is 5.92 Å². The molecule has 4 N–H and O–H groups in total. The fraction of sp³-hybridized carbons (Fsp3) is 0.857. The fourth-order valence-corrected chi connectivity index (χ4v) is 1.73. The quantitative estimate of drug-likeness (QED) is 0.728. The van der Waals surface area contributed by atoms with Crippen molar-refractivity contribution >= 4 is 11.8 Å². The molecule has 0 spiro atoms. The summed E-state index contributed by atoms with van der Waals surface area (Å²) >= 11 is 0. The van der Waals surface area contributed by atoms with Gasteiger partial charge in [0.05, 0.1) is 6.10 Å². The SMILES string of the molecule is CC(C)C(N)=O.NC(=O)CCCOC1CCCCC1.[HH].[HH]. The van der Waals surface area contributed by atoms with Gasteiger partial charge in [-0.15, -0.1) is 0 Å². The molecule has 1 rings (SSSR count). The van der Waals surface area contributed by atoms with Gasteiger partial charge in [0.15, 0.2) is 0 Å². The number of primary amides is 2. The summed E-state index contributed by atoms with van der Waals surface area (Å²) in [5.74, 6) is -0.479. The molecule has 1 fully saturated rings. The van der Waals surface area contributed by atoms with Gasteiger partial charge < -0.3 is 16.2 Å². The molecule has 0 atom stereocenters. The minimum Gasteiger partial charge on any atom is -0.378 e. The van der Waals surface area contributed by atoms with Gasteiger partial charge in [0, 0.05) is 21.8 Å². The Labute approximate surface area is 119 Å². The minimum atomic E-state index is -0.241. The van der Waals surface area contributed by atoms with Gasteiger partial charge in [0.2, 0.25) is 11.8 Å². The topological polar surface area (TPSA) is 95.4 Å². The van der Waals surface area contributed by atoms with Crippen molar-refractivity contribution in [3.05, 3.63) is 0 Å². The Morgan fingerprint density at radius 1 is 1.21 bits per heavy atom. The number of carbonyl (C=O) groups is 2. The van der Waals surface area contributed by atoms with E-state index in [0.717, 1.165) is 6.42 Å². The van der Waals surface area contributed by atoms with Crippen LogP contribution >= 0.6 is 0 Å². The van der Waals surface area contributed by atoms with Crippen molar-refractivity contribution in [1.29, 1.82) is 0 Å². The lowest BCUT2D eigenvalue weighted by Crippen LogP contribution is -2.18. The van der Waals surface area contributed by atoms with E-state index in [2.05, 4.69) is 0 Å². The molecule has 0 radical (unpaired) electrons. The second-order valence-electron chi connectivity index (χ2n) is 5.26. The van der Waals surface area contributed by atoms with E-state index in [1.54, 1.807) is 13.8 Å². The van der Waals surface area contributed by atoms with Crippen molar-refractivity contribution in [2.45, 2.75) is 64.9 Å². The Hall–Kier alpha value is -1.10. The summed E-state index contributed by atoms with van der Waals surface area (Å²) in [6.45, 7) is 4.22. The van der Waals surface area contributed by atoms with Crippen LogP contribution in [0.5, 0.6) is 0 Å². The molecular formula is C14H32N2O3. The molecule has 1 saturated carbocycles. The number of hydrogen-bond donors (Lipinski definition) is 2. The Kier molecular flexibility index (Phi) is 10.2. The first-order valence-electron chi connectivity index (χ1n) is 7.12. The van der Waals surface area contributed by atoms with Crippen molar-refractivity contribution in [3.8, 4) is 0 Å². The second-order valence-corrected chi connectivity index (χ2v) is 5.26. The van der Waals surface area contributed by atoms with Crippen molar-refractivity contribution in [1.82, 2.24) is 0 Å². The number of rotatable bonds is 6. The third kappa shape index (κ3) is 11.7. The molecule has 2 amide bonds. The van der Waals surface area contributed by atoms with Gasteiger partial charge >= 0.3 is 0 Å². The third-order valence-corrected chi connectivity index (χ3v) is 3.04. The molecule has 0 aliphatic heterocycles. The molecule has 0 aromatic heterocycles. The van der Waals surface area contributed by atoms with Crippen LogP contribution in [0.4, 0.5) is 0 Å². The maximum absolute atomic E-state index is 10.4. The van der Waals surface area contributed by atoms with Gasteiger partial charge in [-0.3, -0.25) is 9.59 Å². The van der Waals surface area contributed by atoms with E-state index >= 15 is 0 Å². The van der Waals surface area contributed by atoms with E-state index in [1.807, 2.05) is 0 Å². The zero-order chi connectivity index (χ0) is 14.7. The highest BCUT2D eigenvalue weighted by Gasteiger charge is 2.12. The van der Waals surface area contributed by atoms with Crippen molar-refractivity contribution in [2.75, 3.05) is 6.61 Å². The number of carbonyl (C=O) groups excluding carboxylic acids is 2. The number of nitrogens with two attached hydrogens (primary N) is 2. The Morgan fingerprint density at radius 3 is 2.16 bits per heavy atom. The molecule has 1 aliphatic carbocycles.